The first kappa shape index (κ1) is 19.4. The summed E-state index contributed by atoms with van der Waals surface area (Å²) >= 11 is 0. The number of aromatic carboxylic acids is 1. The van der Waals surface area contributed by atoms with Gasteiger partial charge in [-0.25, -0.2) is 4.79 Å². The van der Waals surface area contributed by atoms with Gasteiger partial charge in [-0.2, -0.15) is 0 Å². The van der Waals surface area contributed by atoms with Gasteiger partial charge < -0.3 is 10.0 Å². The first-order valence-electron chi connectivity index (χ1n) is 8.70. The van der Waals surface area contributed by atoms with E-state index in [4.69, 9.17) is 10.5 Å². The molecule has 0 saturated carbocycles. The Hall–Kier alpha value is -2.95. The molecule has 0 heterocycles. The highest BCUT2D eigenvalue weighted by atomic mass is 16.4. The molecule has 1 amide bonds. The van der Waals surface area contributed by atoms with Crippen molar-refractivity contribution in [3.8, 4) is 11.1 Å². The predicted octanol–water partition coefficient (Wildman–Crippen LogP) is 4.22. The number of carbonyl (C=O) groups is 2. The first-order valence-corrected chi connectivity index (χ1v) is 8.70. The van der Waals surface area contributed by atoms with E-state index in [1.807, 2.05) is 37.3 Å². The Morgan fingerprint density at radius 1 is 1.08 bits per heavy atom. The third kappa shape index (κ3) is 5.02. The minimum absolute atomic E-state index is 0.0932. The van der Waals surface area contributed by atoms with E-state index in [0.717, 1.165) is 29.5 Å². The second kappa shape index (κ2) is 8.94. The van der Waals surface area contributed by atoms with E-state index in [9.17, 15) is 9.59 Å². The zero-order valence-corrected chi connectivity index (χ0v) is 15.2. The van der Waals surface area contributed by atoms with Gasteiger partial charge in [0.1, 0.15) is 5.84 Å². The molecule has 0 atom stereocenters. The summed E-state index contributed by atoms with van der Waals surface area (Å²) in [4.78, 5) is 23.9. The lowest BCUT2D eigenvalue weighted by Gasteiger charge is -2.19. The fraction of sp³-hybridized carbons (Fsp3) is 0.286. The molecule has 0 aliphatic heterocycles. The number of aryl methyl sites for hydroxylation is 1. The summed E-state index contributed by atoms with van der Waals surface area (Å²) in [5, 5.41) is 17.0. The summed E-state index contributed by atoms with van der Waals surface area (Å²) in [6, 6.07) is 14.9. The van der Waals surface area contributed by atoms with E-state index in [1.165, 1.54) is 11.8 Å². The third-order valence-electron chi connectivity index (χ3n) is 4.29. The number of nitrogens with zero attached hydrogens (tertiary/aromatic N) is 1. The maximum Gasteiger partial charge on any atom is 0.335 e. The smallest absolute Gasteiger partial charge is 0.335 e. The van der Waals surface area contributed by atoms with Crippen molar-refractivity contribution in [3.63, 3.8) is 0 Å². The molecule has 0 unspecified atom stereocenters. The van der Waals surface area contributed by atoms with Gasteiger partial charge in [-0.1, -0.05) is 36.4 Å². The van der Waals surface area contributed by atoms with Gasteiger partial charge >= 0.3 is 5.97 Å². The van der Waals surface area contributed by atoms with Crippen molar-refractivity contribution in [2.24, 2.45) is 0 Å². The number of amides is 1. The highest BCUT2D eigenvalue weighted by molar-refractivity contribution is 5.95. The number of amidine groups is 1. The zero-order valence-electron chi connectivity index (χ0n) is 15.2. The number of hydrogen-bond donors (Lipinski definition) is 2. The Kier molecular flexibility index (Phi) is 6.67. The Morgan fingerprint density at radius 2 is 1.77 bits per heavy atom. The Balaban J connectivity index is 2.00. The fourth-order valence-electron chi connectivity index (χ4n) is 2.91. The van der Waals surface area contributed by atoms with Crippen LogP contribution in [0.25, 0.3) is 11.1 Å². The molecule has 2 N–H and O–H groups in total. The molecule has 136 valence electrons. The molecular formula is C21H24N2O3. The molecule has 0 bridgehead atoms. The summed E-state index contributed by atoms with van der Waals surface area (Å²) in [5.74, 6) is -0.663. The molecule has 0 spiro atoms. The van der Waals surface area contributed by atoms with Crippen LogP contribution in [0.4, 0.5) is 0 Å². The van der Waals surface area contributed by atoms with Crippen LogP contribution < -0.4 is 0 Å². The number of rotatable bonds is 7. The maximum atomic E-state index is 11.5. The zero-order chi connectivity index (χ0) is 19.1. The van der Waals surface area contributed by atoms with E-state index in [2.05, 4.69) is 6.07 Å². The fourth-order valence-corrected chi connectivity index (χ4v) is 2.91. The average Bonchev–Trinajstić information content (AvgIpc) is 2.62. The summed E-state index contributed by atoms with van der Waals surface area (Å²) < 4.78 is 0. The van der Waals surface area contributed by atoms with Crippen molar-refractivity contribution in [2.75, 3.05) is 6.54 Å². The first-order chi connectivity index (χ1) is 12.4. The highest BCUT2D eigenvalue weighted by Crippen LogP contribution is 2.22. The topological polar surface area (TPSA) is 81.5 Å². The molecular weight excluding hydrogens is 328 g/mol. The molecule has 26 heavy (non-hydrogen) atoms. The number of carboxylic acid groups (broad SMARTS) is 1. The number of benzene rings is 2. The molecule has 2 rings (SSSR count). The van der Waals surface area contributed by atoms with E-state index in [0.29, 0.717) is 18.8 Å². The molecule has 0 aliphatic rings. The maximum absolute atomic E-state index is 11.5. The van der Waals surface area contributed by atoms with Gasteiger partial charge in [0.2, 0.25) is 5.91 Å². The van der Waals surface area contributed by atoms with Crippen LogP contribution in [0, 0.1) is 5.41 Å². The van der Waals surface area contributed by atoms with Crippen molar-refractivity contribution in [2.45, 2.75) is 33.1 Å². The van der Waals surface area contributed by atoms with E-state index in [1.54, 1.807) is 12.1 Å². The molecule has 0 aliphatic carbocycles. The van der Waals surface area contributed by atoms with Crippen LogP contribution in [-0.2, 0) is 11.2 Å². The number of hydrogen-bond acceptors (Lipinski definition) is 3. The van der Waals surface area contributed by atoms with E-state index in [-0.39, 0.29) is 11.5 Å². The van der Waals surface area contributed by atoms with E-state index >= 15 is 0 Å². The van der Waals surface area contributed by atoms with Crippen LogP contribution in [0.15, 0.2) is 48.5 Å². The van der Waals surface area contributed by atoms with Crippen LogP contribution >= 0.6 is 0 Å². The summed E-state index contributed by atoms with van der Waals surface area (Å²) in [6.07, 6.45) is 2.17. The largest absolute Gasteiger partial charge is 0.478 e. The Labute approximate surface area is 153 Å². The lowest BCUT2D eigenvalue weighted by atomic mass is 9.99. The number of carboxylic acids is 1. The quantitative estimate of drug-likeness (QED) is 0.578. The lowest BCUT2D eigenvalue weighted by molar-refractivity contribution is -0.125. The second-order valence-corrected chi connectivity index (χ2v) is 6.15. The molecule has 0 radical (unpaired) electrons. The molecule has 2 aromatic carbocycles. The summed E-state index contributed by atoms with van der Waals surface area (Å²) in [6.45, 7) is 3.88. The van der Waals surface area contributed by atoms with E-state index < -0.39 is 5.97 Å². The van der Waals surface area contributed by atoms with Crippen molar-refractivity contribution < 1.29 is 14.7 Å². The van der Waals surface area contributed by atoms with Crippen LogP contribution in [0.2, 0.25) is 0 Å². The van der Waals surface area contributed by atoms with Gasteiger partial charge in [0.05, 0.1) is 5.56 Å². The van der Waals surface area contributed by atoms with Gasteiger partial charge in [-0.05, 0) is 48.6 Å². The summed E-state index contributed by atoms with van der Waals surface area (Å²) in [7, 11) is 0. The SMILES string of the molecule is CCN(C(=N)CCCc1cccc(-c2ccc(C(=O)O)cc2)c1)C(C)=O. The summed E-state index contributed by atoms with van der Waals surface area (Å²) in [5.41, 5.74) is 3.43. The van der Waals surface area contributed by atoms with Crippen molar-refractivity contribution in [3.05, 3.63) is 59.7 Å². The number of nitrogens with one attached hydrogen (secondary N) is 1. The molecule has 5 heteroatoms. The number of carbonyl (C=O) groups excluding carboxylic acids is 1. The van der Waals surface area contributed by atoms with Crippen LogP contribution in [-0.4, -0.2) is 34.3 Å². The molecule has 0 fully saturated rings. The molecule has 0 saturated heterocycles. The predicted molar refractivity (Wildman–Crippen MR) is 103 cm³/mol. The minimum Gasteiger partial charge on any atom is -0.478 e. The van der Waals surface area contributed by atoms with Crippen molar-refractivity contribution in [1.29, 1.82) is 5.41 Å². The van der Waals surface area contributed by atoms with Crippen LogP contribution in [0.1, 0.15) is 42.6 Å². The van der Waals surface area contributed by atoms with Crippen LogP contribution in [0.3, 0.4) is 0 Å². The highest BCUT2D eigenvalue weighted by Gasteiger charge is 2.11. The second-order valence-electron chi connectivity index (χ2n) is 6.15. The minimum atomic E-state index is -0.931. The van der Waals surface area contributed by atoms with Gasteiger partial charge in [0, 0.05) is 19.9 Å². The van der Waals surface area contributed by atoms with Crippen LogP contribution in [0.5, 0.6) is 0 Å². The Morgan fingerprint density at radius 3 is 2.35 bits per heavy atom. The molecule has 0 aromatic heterocycles. The Bertz CT molecular complexity index is 797. The third-order valence-corrected chi connectivity index (χ3v) is 4.29. The van der Waals surface area contributed by atoms with Gasteiger partial charge in [0.25, 0.3) is 0 Å². The van der Waals surface area contributed by atoms with Gasteiger partial charge in [-0.15, -0.1) is 0 Å². The monoisotopic (exact) mass is 352 g/mol. The standard InChI is InChI=1S/C21H24N2O3/c1-3-23(15(2)24)20(22)9-5-7-16-6-4-8-19(14-16)17-10-12-18(13-11-17)21(25)26/h4,6,8,10-14,22H,3,5,7,9H2,1-2H3,(H,25,26). The van der Waals surface area contributed by atoms with Gasteiger partial charge in [0.15, 0.2) is 0 Å². The lowest BCUT2D eigenvalue weighted by Crippen LogP contribution is -2.34. The van der Waals surface area contributed by atoms with Crippen molar-refractivity contribution in [1.82, 2.24) is 4.90 Å². The van der Waals surface area contributed by atoms with Crippen molar-refractivity contribution >= 4 is 17.7 Å². The molecule has 5 nitrogen and oxygen atoms in total. The normalized spacial score (nSPS) is 10.4. The van der Waals surface area contributed by atoms with Gasteiger partial charge in [-0.3, -0.25) is 10.2 Å². The molecule has 2 aromatic rings. The average molecular weight is 352 g/mol.